The molecule has 0 bridgehead atoms. The van der Waals surface area contributed by atoms with Crippen LogP contribution in [0.3, 0.4) is 0 Å². The van der Waals surface area contributed by atoms with Crippen LogP contribution in [0.15, 0.2) is 34.7 Å². The van der Waals surface area contributed by atoms with E-state index in [1.165, 1.54) is 0 Å². The zero-order valence-electron chi connectivity index (χ0n) is 17.6. The lowest BCUT2D eigenvalue weighted by Gasteiger charge is -2.25. The lowest BCUT2D eigenvalue weighted by Crippen LogP contribution is -2.93. The molecule has 2 heterocycles. The quantitative estimate of drug-likeness (QED) is 0.585. The van der Waals surface area contributed by atoms with Gasteiger partial charge in [-0.25, -0.2) is 4.79 Å². The Labute approximate surface area is 170 Å². The van der Waals surface area contributed by atoms with E-state index in [1.54, 1.807) is 19.1 Å². The monoisotopic (exact) mass is 398 g/mol. The van der Waals surface area contributed by atoms with Crippen LogP contribution in [0.25, 0.3) is 5.69 Å². The van der Waals surface area contributed by atoms with Gasteiger partial charge in [0.1, 0.15) is 6.54 Å². The van der Waals surface area contributed by atoms with E-state index in [2.05, 4.69) is 60.7 Å². The summed E-state index contributed by atoms with van der Waals surface area (Å²) in [6.07, 6.45) is 0.809. The fourth-order valence-electron chi connectivity index (χ4n) is 3.35. The number of benzene rings is 1. The van der Waals surface area contributed by atoms with Gasteiger partial charge in [-0.1, -0.05) is 25.1 Å². The molecule has 1 aromatic carbocycles. The van der Waals surface area contributed by atoms with Gasteiger partial charge in [-0.3, -0.25) is 0 Å². The smallest absolute Gasteiger partial charge is 0.374 e. The molecule has 0 unspecified atom stereocenters. The Morgan fingerprint density at radius 1 is 1.21 bits per heavy atom. The van der Waals surface area contributed by atoms with Gasteiger partial charge in [-0.05, 0) is 61.4 Å². The molecule has 0 amide bonds. The van der Waals surface area contributed by atoms with Gasteiger partial charge in [0.25, 0.3) is 0 Å². The molecule has 2 aromatic heterocycles. The summed E-state index contributed by atoms with van der Waals surface area (Å²) >= 11 is 0. The molecule has 0 radical (unpaired) electrons. The summed E-state index contributed by atoms with van der Waals surface area (Å²) < 4.78 is 12.5. The summed E-state index contributed by atoms with van der Waals surface area (Å²) in [6, 6.07) is 9.58. The van der Waals surface area contributed by atoms with Crippen molar-refractivity contribution < 1.29 is 19.3 Å². The number of aryl methyl sites for hydroxylation is 2. The maximum Gasteiger partial charge on any atom is 0.374 e. The van der Waals surface area contributed by atoms with Crippen molar-refractivity contribution in [3.05, 3.63) is 58.8 Å². The van der Waals surface area contributed by atoms with Gasteiger partial charge in [0.2, 0.25) is 11.6 Å². The van der Waals surface area contributed by atoms with Crippen LogP contribution in [-0.4, -0.2) is 32.8 Å². The van der Waals surface area contributed by atoms with Gasteiger partial charge in [0.15, 0.2) is 11.3 Å². The number of carbonyl (C=O) groups excluding carboxylic acids is 1. The highest BCUT2D eigenvalue weighted by Crippen LogP contribution is 2.24. The third-order valence-electron chi connectivity index (χ3n) is 5.26. The zero-order valence-corrected chi connectivity index (χ0v) is 17.6. The molecule has 8 heteroatoms. The van der Waals surface area contributed by atoms with Crippen molar-refractivity contribution in [2.24, 2.45) is 0 Å². The van der Waals surface area contributed by atoms with E-state index in [1.807, 2.05) is 10.7 Å². The number of carbonyl (C=O) groups is 1. The molecule has 0 aliphatic heterocycles. The summed E-state index contributed by atoms with van der Waals surface area (Å²) in [5.74, 6) is 1.23. The summed E-state index contributed by atoms with van der Waals surface area (Å²) in [4.78, 5) is 11.8. The Morgan fingerprint density at radius 2 is 1.93 bits per heavy atom. The van der Waals surface area contributed by atoms with Crippen molar-refractivity contribution in [2.45, 2.75) is 53.1 Å². The number of furan rings is 1. The van der Waals surface area contributed by atoms with Crippen LogP contribution < -0.4 is 5.32 Å². The average Bonchev–Trinajstić information content (AvgIpc) is 3.36. The number of nitrogens with zero attached hydrogens (tertiary/aromatic N) is 4. The molecule has 1 atom stereocenters. The first-order valence-electron chi connectivity index (χ1n) is 9.85. The second-order valence-electron chi connectivity index (χ2n) is 7.32. The molecule has 154 valence electrons. The predicted octanol–water partition coefficient (Wildman–Crippen LogP) is 2.44. The van der Waals surface area contributed by atoms with E-state index in [-0.39, 0.29) is 11.3 Å². The Balaban J connectivity index is 1.85. The Kier molecular flexibility index (Phi) is 6.12. The lowest BCUT2D eigenvalue weighted by molar-refractivity contribution is -0.750. The number of aromatic nitrogens is 4. The number of hydrogen-bond donors (Lipinski definition) is 1. The van der Waals surface area contributed by atoms with Crippen LogP contribution in [0.4, 0.5) is 0 Å². The largest absolute Gasteiger partial charge is 0.460 e. The van der Waals surface area contributed by atoms with Crippen molar-refractivity contribution in [1.29, 1.82) is 0 Å². The van der Waals surface area contributed by atoms with Crippen LogP contribution in [0.1, 0.15) is 60.5 Å². The molecular weight excluding hydrogens is 370 g/mol. The van der Waals surface area contributed by atoms with E-state index in [4.69, 9.17) is 9.15 Å². The molecule has 0 fully saturated rings. The highest BCUT2D eigenvalue weighted by molar-refractivity contribution is 5.86. The van der Waals surface area contributed by atoms with Gasteiger partial charge in [0, 0.05) is 6.42 Å². The van der Waals surface area contributed by atoms with Crippen molar-refractivity contribution in [1.82, 2.24) is 20.2 Å². The maximum atomic E-state index is 11.8. The van der Waals surface area contributed by atoms with Crippen molar-refractivity contribution >= 4 is 5.97 Å². The number of hydrogen-bond acceptors (Lipinski definition) is 6. The van der Waals surface area contributed by atoms with Crippen molar-refractivity contribution in [3.63, 3.8) is 0 Å². The third-order valence-corrected chi connectivity index (χ3v) is 5.26. The molecule has 3 rings (SSSR count). The molecular formula is C21H28N5O3+. The first-order valence-corrected chi connectivity index (χ1v) is 9.85. The van der Waals surface area contributed by atoms with Crippen LogP contribution in [0, 0.1) is 13.8 Å². The van der Waals surface area contributed by atoms with Gasteiger partial charge in [-0.2, -0.15) is 4.68 Å². The van der Waals surface area contributed by atoms with E-state index in [9.17, 15) is 4.79 Å². The van der Waals surface area contributed by atoms with E-state index in [0.717, 1.165) is 29.1 Å². The van der Waals surface area contributed by atoms with Crippen molar-refractivity contribution in [3.8, 4) is 5.69 Å². The first-order chi connectivity index (χ1) is 13.9. The summed E-state index contributed by atoms with van der Waals surface area (Å²) in [7, 11) is 0. The topological polar surface area (TPSA) is 99.6 Å². The van der Waals surface area contributed by atoms with Crippen molar-refractivity contribution in [2.75, 3.05) is 6.61 Å². The number of quaternary nitrogens is 1. The Morgan fingerprint density at radius 3 is 2.59 bits per heavy atom. The number of nitrogens with two attached hydrogens (primary N) is 1. The van der Waals surface area contributed by atoms with E-state index < -0.39 is 5.97 Å². The van der Waals surface area contributed by atoms with Crippen LogP contribution >= 0.6 is 0 Å². The van der Waals surface area contributed by atoms with Crippen LogP contribution in [0.5, 0.6) is 0 Å². The molecule has 29 heavy (non-hydrogen) atoms. The minimum atomic E-state index is -0.448. The fourth-order valence-corrected chi connectivity index (χ4v) is 3.35. The SMILES string of the molecule is CCOC(=O)c1ccc(C[NH2+][C@@](C)(CC)c2nnnn2-c2c(C)cccc2C)o1. The third kappa shape index (κ3) is 4.22. The van der Waals surface area contributed by atoms with Gasteiger partial charge in [-0.15, -0.1) is 5.10 Å². The molecule has 3 aromatic rings. The average molecular weight is 398 g/mol. The summed E-state index contributed by atoms with van der Waals surface area (Å²) in [5, 5.41) is 14.7. The van der Waals surface area contributed by atoms with Crippen LogP contribution in [0.2, 0.25) is 0 Å². The molecule has 0 saturated carbocycles. The molecule has 0 aliphatic carbocycles. The number of esters is 1. The van der Waals surface area contributed by atoms with Gasteiger partial charge >= 0.3 is 5.97 Å². The van der Waals surface area contributed by atoms with E-state index in [0.29, 0.717) is 18.9 Å². The second kappa shape index (κ2) is 8.57. The molecule has 0 spiro atoms. The zero-order chi connectivity index (χ0) is 21.0. The maximum absolute atomic E-state index is 11.8. The molecule has 2 N–H and O–H groups in total. The standard InChI is InChI=1S/C21H27N5O3/c1-6-21(5,22-13-16-11-12-17(29-16)19(27)28-7-2)20-23-24-25-26(20)18-14(3)9-8-10-15(18)4/h8-12,22H,6-7,13H2,1-5H3/p+1/t21-/m0/s1. The summed E-state index contributed by atoms with van der Waals surface area (Å²) in [6.45, 7) is 11.0. The number of rotatable bonds is 8. The Hall–Kier alpha value is -3.00. The lowest BCUT2D eigenvalue weighted by atomic mass is 9.97. The Bertz CT molecular complexity index is 974. The predicted molar refractivity (Wildman–Crippen MR) is 107 cm³/mol. The molecule has 8 nitrogen and oxygen atoms in total. The minimum absolute atomic E-state index is 0.217. The van der Waals surface area contributed by atoms with E-state index >= 15 is 0 Å². The van der Waals surface area contributed by atoms with Gasteiger partial charge < -0.3 is 14.5 Å². The number of para-hydroxylation sites is 1. The minimum Gasteiger partial charge on any atom is -0.460 e. The highest BCUT2D eigenvalue weighted by Gasteiger charge is 2.36. The first kappa shape index (κ1) is 20.7. The summed E-state index contributed by atoms with van der Waals surface area (Å²) in [5.41, 5.74) is 2.85. The van der Waals surface area contributed by atoms with Crippen LogP contribution in [-0.2, 0) is 16.8 Å². The number of tetrazole rings is 1. The fraction of sp³-hybridized carbons (Fsp3) is 0.429. The highest BCUT2D eigenvalue weighted by atomic mass is 16.5. The van der Waals surface area contributed by atoms with Gasteiger partial charge in [0.05, 0.1) is 12.3 Å². The number of ether oxygens (including phenoxy) is 1. The molecule has 0 saturated heterocycles. The normalized spacial score (nSPS) is 13.3. The second-order valence-corrected chi connectivity index (χ2v) is 7.32. The molecule has 0 aliphatic rings.